The lowest BCUT2D eigenvalue weighted by atomic mass is 10.2. The van der Waals surface area contributed by atoms with E-state index in [1.54, 1.807) is 25.3 Å². The van der Waals surface area contributed by atoms with Crippen LogP contribution < -0.4 is 10.5 Å². The van der Waals surface area contributed by atoms with E-state index in [1.807, 2.05) is 6.07 Å². The predicted octanol–water partition coefficient (Wildman–Crippen LogP) is 1.01. The van der Waals surface area contributed by atoms with Gasteiger partial charge in [-0.3, -0.25) is 4.72 Å². The van der Waals surface area contributed by atoms with E-state index >= 15 is 0 Å². The molecule has 1 aromatic heterocycles. The number of hydrogen-bond donors (Lipinski definition) is 2. The van der Waals surface area contributed by atoms with Crippen LogP contribution in [-0.4, -0.2) is 25.5 Å². The third-order valence-corrected chi connectivity index (χ3v) is 3.78. The quantitative estimate of drug-likeness (QED) is 0.852. The van der Waals surface area contributed by atoms with E-state index in [9.17, 15) is 8.42 Å². The highest BCUT2D eigenvalue weighted by atomic mass is 32.2. The summed E-state index contributed by atoms with van der Waals surface area (Å²) in [7, 11) is -2.16. The molecule has 106 valence electrons. The van der Waals surface area contributed by atoms with Gasteiger partial charge in [0.05, 0.1) is 19.0 Å². The van der Waals surface area contributed by atoms with Gasteiger partial charge < -0.3 is 10.5 Å². The summed E-state index contributed by atoms with van der Waals surface area (Å²) in [6.07, 6.45) is 2.31. The summed E-state index contributed by atoms with van der Waals surface area (Å²) in [5, 5.41) is 0. The number of benzene rings is 1. The Labute approximate surface area is 116 Å². The van der Waals surface area contributed by atoms with Crippen LogP contribution in [0.4, 0.5) is 11.6 Å². The maximum absolute atomic E-state index is 12.1. The Hall–Kier alpha value is -2.19. The van der Waals surface area contributed by atoms with E-state index in [0.717, 1.165) is 18.0 Å². The van der Waals surface area contributed by atoms with Crippen molar-refractivity contribution in [2.45, 2.75) is 11.5 Å². The highest BCUT2D eigenvalue weighted by Gasteiger charge is 2.15. The van der Waals surface area contributed by atoms with Gasteiger partial charge in [0, 0.05) is 12.8 Å². The van der Waals surface area contributed by atoms with Gasteiger partial charge in [-0.05, 0) is 17.7 Å². The van der Waals surface area contributed by atoms with Gasteiger partial charge in [0.2, 0.25) is 5.95 Å². The van der Waals surface area contributed by atoms with Crippen LogP contribution in [0.15, 0.2) is 41.6 Å². The van der Waals surface area contributed by atoms with E-state index in [-0.39, 0.29) is 10.8 Å². The van der Waals surface area contributed by atoms with Crippen LogP contribution in [0, 0.1) is 0 Å². The van der Waals surface area contributed by atoms with Gasteiger partial charge >= 0.3 is 0 Å². The molecule has 0 unspecified atom stereocenters. The van der Waals surface area contributed by atoms with Gasteiger partial charge in [0.15, 0.2) is 0 Å². The first-order chi connectivity index (χ1) is 9.51. The fourth-order valence-electron chi connectivity index (χ4n) is 1.57. The minimum absolute atomic E-state index is 0.0195. The maximum Gasteiger partial charge on any atom is 0.264 e. The third-order valence-electron chi connectivity index (χ3n) is 2.45. The zero-order valence-electron chi connectivity index (χ0n) is 10.8. The molecule has 8 heteroatoms. The molecule has 0 bridgehead atoms. The zero-order chi connectivity index (χ0) is 14.6. The molecule has 0 saturated carbocycles. The summed E-state index contributed by atoms with van der Waals surface area (Å²) in [6.45, 7) is 0.403. The fraction of sp³-hybridized carbons (Fsp3) is 0.167. The molecule has 1 aromatic carbocycles. The molecule has 0 aliphatic heterocycles. The van der Waals surface area contributed by atoms with Crippen molar-refractivity contribution in [3.63, 3.8) is 0 Å². The molecule has 0 radical (unpaired) electrons. The number of anilines is 2. The van der Waals surface area contributed by atoms with Crippen LogP contribution in [0.25, 0.3) is 0 Å². The molecule has 0 aliphatic carbocycles. The van der Waals surface area contributed by atoms with E-state index in [1.165, 1.54) is 0 Å². The molecular formula is C12H14N4O3S. The molecule has 0 atom stereocenters. The van der Waals surface area contributed by atoms with Gasteiger partial charge in [-0.2, -0.15) is 0 Å². The van der Waals surface area contributed by atoms with Crippen molar-refractivity contribution in [3.8, 4) is 0 Å². The lowest BCUT2D eigenvalue weighted by molar-refractivity contribution is 0.185. The minimum Gasteiger partial charge on any atom is -0.380 e. The predicted molar refractivity (Wildman–Crippen MR) is 74.4 cm³/mol. The Balaban J connectivity index is 2.24. The average molecular weight is 294 g/mol. The van der Waals surface area contributed by atoms with Gasteiger partial charge in [-0.1, -0.05) is 12.1 Å². The molecule has 20 heavy (non-hydrogen) atoms. The van der Waals surface area contributed by atoms with Gasteiger partial charge in [-0.25, -0.2) is 18.4 Å². The highest BCUT2D eigenvalue weighted by molar-refractivity contribution is 7.92. The Morgan fingerprint density at radius 2 is 2.00 bits per heavy atom. The third kappa shape index (κ3) is 3.43. The topological polar surface area (TPSA) is 107 Å². The first-order valence-corrected chi connectivity index (χ1v) is 7.18. The summed E-state index contributed by atoms with van der Waals surface area (Å²) < 4.78 is 31.7. The largest absolute Gasteiger partial charge is 0.380 e. The van der Waals surface area contributed by atoms with Crippen molar-refractivity contribution >= 4 is 21.7 Å². The summed E-state index contributed by atoms with van der Waals surface area (Å²) in [6, 6.07) is 6.92. The van der Waals surface area contributed by atoms with Crippen molar-refractivity contribution in [3.05, 3.63) is 42.2 Å². The smallest absolute Gasteiger partial charge is 0.264 e. The number of ether oxygens (including phenoxy) is 1. The number of sulfonamides is 1. The van der Waals surface area contributed by atoms with Crippen LogP contribution in [0.1, 0.15) is 5.56 Å². The fourth-order valence-corrected chi connectivity index (χ4v) is 2.51. The van der Waals surface area contributed by atoms with Gasteiger partial charge in [0.1, 0.15) is 4.90 Å². The first kappa shape index (κ1) is 14.2. The molecule has 1 heterocycles. The molecule has 7 nitrogen and oxygen atoms in total. The Kier molecular flexibility index (Phi) is 4.16. The van der Waals surface area contributed by atoms with E-state index in [2.05, 4.69) is 14.7 Å². The summed E-state index contributed by atoms with van der Waals surface area (Å²) in [5.41, 5.74) is 6.63. The van der Waals surface area contributed by atoms with Crippen molar-refractivity contribution in [1.82, 2.24) is 9.97 Å². The molecule has 2 aromatic rings. The number of nitrogens with two attached hydrogens (primary N) is 1. The van der Waals surface area contributed by atoms with Crippen LogP contribution in [0.3, 0.4) is 0 Å². The maximum atomic E-state index is 12.1. The Morgan fingerprint density at radius 3 is 2.65 bits per heavy atom. The Bertz CT molecular complexity index is 686. The second-order valence-corrected chi connectivity index (χ2v) is 5.70. The number of nitrogen functional groups attached to an aromatic ring is 1. The first-order valence-electron chi connectivity index (χ1n) is 5.69. The van der Waals surface area contributed by atoms with Gasteiger partial charge in [0.25, 0.3) is 10.0 Å². The van der Waals surface area contributed by atoms with E-state index in [4.69, 9.17) is 10.5 Å². The van der Waals surface area contributed by atoms with E-state index < -0.39 is 10.0 Å². The van der Waals surface area contributed by atoms with Crippen molar-refractivity contribution in [1.29, 1.82) is 0 Å². The van der Waals surface area contributed by atoms with Crippen LogP contribution in [-0.2, 0) is 21.4 Å². The van der Waals surface area contributed by atoms with E-state index in [0.29, 0.717) is 12.3 Å². The average Bonchev–Trinajstić information content (AvgIpc) is 2.39. The second-order valence-electron chi connectivity index (χ2n) is 4.02. The molecule has 0 aliphatic rings. The highest BCUT2D eigenvalue weighted by Crippen LogP contribution is 2.16. The van der Waals surface area contributed by atoms with Crippen molar-refractivity contribution in [2.24, 2.45) is 0 Å². The lowest BCUT2D eigenvalue weighted by Crippen LogP contribution is -2.14. The number of aromatic nitrogens is 2. The summed E-state index contributed by atoms with van der Waals surface area (Å²) >= 11 is 0. The molecular weight excluding hydrogens is 280 g/mol. The summed E-state index contributed by atoms with van der Waals surface area (Å²) in [5.74, 6) is 0.0195. The molecule has 3 N–H and O–H groups in total. The second kappa shape index (κ2) is 5.85. The normalized spacial score (nSPS) is 11.2. The number of hydrogen-bond acceptors (Lipinski definition) is 6. The molecule has 2 rings (SSSR count). The number of nitrogens with one attached hydrogen (secondary N) is 1. The molecule has 0 fully saturated rings. The van der Waals surface area contributed by atoms with Crippen LogP contribution in [0.5, 0.6) is 0 Å². The minimum atomic E-state index is -3.73. The number of nitrogens with zero attached hydrogens (tertiary/aromatic N) is 2. The monoisotopic (exact) mass is 294 g/mol. The molecule has 0 saturated heterocycles. The lowest BCUT2D eigenvalue weighted by Gasteiger charge is -2.09. The molecule has 0 spiro atoms. The zero-order valence-corrected chi connectivity index (χ0v) is 11.6. The standard InChI is InChI=1S/C12H14N4O3S/c1-19-8-9-3-2-4-10(5-9)16-20(17,18)11-6-14-12(13)15-7-11/h2-7,16H,8H2,1H3,(H2,13,14,15). The van der Waals surface area contributed by atoms with Gasteiger partial charge in [-0.15, -0.1) is 0 Å². The Morgan fingerprint density at radius 1 is 1.30 bits per heavy atom. The van der Waals surface area contributed by atoms with Crippen LogP contribution in [0.2, 0.25) is 0 Å². The van der Waals surface area contributed by atoms with Crippen LogP contribution >= 0.6 is 0 Å². The number of methoxy groups -OCH3 is 1. The summed E-state index contributed by atoms with van der Waals surface area (Å²) in [4.78, 5) is 7.27. The SMILES string of the molecule is COCc1cccc(NS(=O)(=O)c2cnc(N)nc2)c1. The van der Waals surface area contributed by atoms with Crippen molar-refractivity contribution < 1.29 is 13.2 Å². The number of rotatable bonds is 5. The van der Waals surface area contributed by atoms with Crippen molar-refractivity contribution in [2.75, 3.05) is 17.6 Å². The molecule has 0 amide bonds.